The highest BCUT2D eigenvalue weighted by Crippen LogP contribution is 2.09. The van der Waals surface area contributed by atoms with Gasteiger partial charge in [-0.05, 0) is 13.0 Å². The fourth-order valence-electron chi connectivity index (χ4n) is 0.657. The summed E-state index contributed by atoms with van der Waals surface area (Å²) in [6, 6.07) is -1.50. The molecule has 3 N–H and O–H groups in total. The fraction of sp³-hybridized carbons (Fsp3) is 0.667. The molecular weight excluding hydrogens is 203 g/mol. The maximum absolute atomic E-state index is 11.6. The number of nitrogens with one attached hydrogen (secondary N) is 1. The van der Waals surface area contributed by atoms with E-state index in [2.05, 4.69) is 0 Å². The van der Waals surface area contributed by atoms with Crippen LogP contribution >= 0.6 is 0 Å². The van der Waals surface area contributed by atoms with Gasteiger partial charge in [0.1, 0.15) is 0 Å². The number of hydrogen-bond donors (Lipinski definition) is 2. The molecule has 0 spiro atoms. The normalized spacial score (nSPS) is 10.9. The molecule has 0 heterocycles. The van der Waals surface area contributed by atoms with Crippen LogP contribution in [0.3, 0.4) is 0 Å². The van der Waals surface area contributed by atoms with Crippen molar-refractivity contribution in [2.24, 2.45) is 5.73 Å². The van der Waals surface area contributed by atoms with Gasteiger partial charge in [0.2, 0.25) is 6.41 Å². The van der Waals surface area contributed by atoms with Crippen molar-refractivity contribution in [1.82, 2.24) is 10.2 Å². The first-order chi connectivity index (χ1) is 6.40. The van der Waals surface area contributed by atoms with Crippen LogP contribution in [0.5, 0.6) is 0 Å². The minimum absolute atomic E-state index is 0.0245. The maximum atomic E-state index is 11.6. The number of imide groups is 1. The van der Waals surface area contributed by atoms with E-state index in [-0.39, 0.29) is 25.9 Å². The lowest BCUT2D eigenvalue weighted by atomic mass is 10.4. The first kappa shape index (κ1) is 12.7. The summed E-state index contributed by atoms with van der Waals surface area (Å²) in [5.74, 6) is 0. The van der Waals surface area contributed by atoms with Crippen LogP contribution in [0.1, 0.15) is 6.42 Å². The number of nitrogens with two attached hydrogens (primary N) is 1. The lowest BCUT2D eigenvalue weighted by molar-refractivity contribution is -0.147. The number of alkyl halides is 3. The Morgan fingerprint density at radius 2 is 2.07 bits per heavy atom. The van der Waals surface area contributed by atoms with Crippen molar-refractivity contribution in [3.05, 3.63) is 0 Å². The SMILES string of the molecule is NCCCN(C=O)C(=O)NC(F)(F)F. The molecular formula is C6H10F3N3O2. The van der Waals surface area contributed by atoms with Crippen LogP contribution in [-0.2, 0) is 4.79 Å². The van der Waals surface area contributed by atoms with Crippen LogP contribution in [0.25, 0.3) is 0 Å². The van der Waals surface area contributed by atoms with Crippen LogP contribution in [-0.4, -0.2) is 36.7 Å². The van der Waals surface area contributed by atoms with E-state index in [0.29, 0.717) is 10.2 Å². The molecule has 0 aliphatic heterocycles. The van der Waals surface area contributed by atoms with E-state index in [9.17, 15) is 22.8 Å². The van der Waals surface area contributed by atoms with Crippen LogP contribution < -0.4 is 11.1 Å². The van der Waals surface area contributed by atoms with Gasteiger partial charge in [0, 0.05) is 6.54 Å². The van der Waals surface area contributed by atoms with E-state index in [1.54, 1.807) is 0 Å². The quantitative estimate of drug-likeness (QED) is 0.510. The summed E-state index contributed by atoms with van der Waals surface area (Å²) in [5.41, 5.74) is 5.06. The molecule has 8 heteroatoms. The van der Waals surface area contributed by atoms with Gasteiger partial charge < -0.3 is 5.73 Å². The summed E-state index contributed by atoms with van der Waals surface area (Å²) >= 11 is 0. The van der Waals surface area contributed by atoms with Gasteiger partial charge in [-0.15, -0.1) is 0 Å². The third-order valence-electron chi connectivity index (χ3n) is 1.24. The van der Waals surface area contributed by atoms with Crippen molar-refractivity contribution in [2.45, 2.75) is 12.7 Å². The fourth-order valence-corrected chi connectivity index (χ4v) is 0.657. The Morgan fingerprint density at radius 3 is 2.43 bits per heavy atom. The van der Waals surface area contributed by atoms with Gasteiger partial charge in [-0.3, -0.25) is 9.69 Å². The molecule has 0 aliphatic rings. The van der Waals surface area contributed by atoms with Gasteiger partial charge in [-0.2, -0.15) is 13.2 Å². The molecule has 0 aromatic heterocycles. The second-order valence-corrected chi connectivity index (χ2v) is 2.37. The van der Waals surface area contributed by atoms with Crippen LogP contribution in [0, 0.1) is 0 Å². The molecule has 0 bridgehead atoms. The molecule has 3 amide bonds. The Bertz CT molecular complexity index is 207. The Labute approximate surface area is 78.0 Å². The Hall–Kier alpha value is -1.31. The second-order valence-electron chi connectivity index (χ2n) is 2.37. The van der Waals surface area contributed by atoms with Gasteiger partial charge in [0.25, 0.3) is 0 Å². The number of nitrogens with zero attached hydrogens (tertiary/aromatic N) is 1. The van der Waals surface area contributed by atoms with Crippen LogP contribution in [0.15, 0.2) is 0 Å². The van der Waals surface area contributed by atoms with Crippen molar-refractivity contribution in [3.63, 3.8) is 0 Å². The van der Waals surface area contributed by atoms with Crippen LogP contribution in [0.4, 0.5) is 18.0 Å². The highest BCUT2D eigenvalue weighted by atomic mass is 19.4. The van der Waals surface area contributed by atoms with E-state index in [0.717, 1.165) is 0 Å². The predicted molar refractivity (Wildman–Crippen MR) is 41.0 cm³/mol. The van der Waals surface area contributed by atoms with E-state index in [1.165, 1.54) is 0 Å². The van der Waals surface area contributed by atoms with E-state index in [4.69, 9.17) is 5.73 Å². The number of amides is 3. The van der Waals surface area contributed by atoms with E-state index < -0.39 is 12.3 Å². The Morgan fingerprint density at radius 1 is 1.50 bits per heavy atom. The van der Waals surface area contributed by atoms with Crippen molar-refractivity contribution >= 4 is 12.4 Å². The molecule has 0 rings (SSSR count). The minimum atomic E-state index is -4.83. The van der Waals surface area contributed by atoms with Gasteiger partial charge in [0.05, 0.1) is 0 Å². The number of urea groups is 1. The molecule has 5 nitrogen and oxygen atoms in total. The second kappa shape index (κ2) is 5.43. The highest BCUT2D eigenvalue weighted by Gasteiger charge is 2.32. The summed E-state index contributed by atoms with van der Waals surface area (Å²) in [5, 5.41) is 0.694. The van der Waals surface area contributed by atoms with Gasteiger partial charge >= 0.3 is 12.3 Å². The topological polar surface area (TPSA) is 75.4 Å². The molecule has 0 saturated heterocycles. The molecule has 0 aromatic carbocycles. The van der Waals surface area contributed by atoms with Gasteiger partial charge in [-0.1, -0.05) is 0 Å². The standard InChI is InChI=1S/C6H10F3N3O2/c7-6(8,9)11-5(14)12(4-13)3-1-2-10/h4H,1-3,10H2,(H,11,14). The molecule has 0 atom stereocenters. The summed E-state index contributed by atoms with van der Waals surface area (Å²) in [6.07, 6.45) is -4.55. The van der Waals surface area contributed by atoms with Crippen molar-refractivity contribution < 1.29 is 22.8 Å². The predicted octanol–water partition coefficient (Wildman–Crippen LogP) is 0.0230. The first-order valence-corrected chi connectivity index (χ1v) is 3.71. The Balaban J connectivity index is 4.11. The van der Waals surface area contributed by atoms with Crippen LogP contribution in [0.2, 0.25) is 0 Å². The van der Waals surface area contributed by atoms with Crippen molar-refractivity contribution in [2.75, 3.05) is 13.1 Å². The number of rotatable bonds is 4. The summed E-state index contributed by atoms with van der Waals surface area (Å²) in [7, 11) is 0. The number of carbonyl (C=O) groups is 2. The molecule has 82 valence electrons. The smallest absolute Gasteiger partial charge is 0.330 e. The average molecular weight is 213 g/mol. The van der Waals surface area contributed by atoms with Crippen molar-refractivity contribution in [1.29, 1.82) is 0 Å². The van der Waals surface area contributed by atoms with E-state index >= 15 is 0 Å². The minimum Gasteiger partial charge on any atom is -0.330 e. The summed E-state index contributed by atoms with van der Waals surface area (Å²) < 4.78 is 34.9. The lowest BCUT2D eigenvalue weighted by Gasteiger charge is -2.16. The lowest BCUT2D eigenvalue weighted by Crippen LogP contribution is -2.46. The number of halogens is 3. The molecule has 0 aromatic rings. The third kappa shape index (κ3) is 5.36. The van der Waals surface area contributed by atoms with Crippen molar-refractivity contribution in [3.8, 4) is 0 Å². The molecule has 0 fully saturated rings. The zero-order valence-electron chi connectivity index (χ0n) is 7.17. The molecule has 0 radical (unpaired) electrons. The van der Waals surface area contributed by atoms with Gasteiger partial charge in [0.15, 0.2) is 0 Å². The Kier molecular flexibility index (Phi) is 4.92. The molecule has 14 heavy (non-hydrogen) atoms. The summed E-state index contributed by atoms with van der Waals surface area (Å²) in [4.78, 5) is 21.3. The molecule has 0 saturated carbocycles. The average Bonchev–Trinajstić information content (AvgIpc) is 2.02. The number of carbonyl (C=O) groups excluding carboxylic acids is 2. The largest absolute Gasteiger partial charge is 0.485 e. The van der Waals surface area contributed by atoms with Gasteiger partial charge in [-0.25, -0.2) is 10.1 Å². The number of hydrogen-bond acceptors (Lipinski definition) is 3. The maximum Gasteiger partial charge on any atom is 0.485 e. The van der Waals surface area contributed by atoms with E-state index in [1.807, 2.05) is 0 Å². The molecule has 0 aliphatic carbocycles. The highest BCUT2D eigenvalue weighted by molar-refractivity contribution is 5.84. The zero-order valence-corrected chi connectivity index (χ0v) is 7.17. The summed E-state index contributed by atoms with van der Waals surface area (Å²) in [6.45, 7) is 0.0472. The zero-order chi connectivity index (χ0) is 11.2. The molecule has 0 unspecified atom stereocenters. The monoisotopic (exact) mass is 213 g/mol. The third-order valence-corrected chi connectivity index (χ3v) is 1.24. The first-order valence-electron chi connectivity index (χ1n) is 3.71.